The lowest BCUT2D eigenvalue weighted by Gasteiger charge is -2.26. The van der Waals surface area contributed by atoms with Crippen LogP contribution in [0, 0.1) is 19.8 Å². The average molecular weight is 279 g/mol. The van der Waals surface area contributed by atoms with Gasteiger partial charge in [-0.2, -0.15) is 5.10 Å². The molecule has 1 fully saturated rings. The number of hydrogen-bond donors (Lipinski definition) is 3. The number of carboxylic acids is 1. The number of carbonyl (C=O) groups is 1. The van der Waals surface area contributed by atoms with Gasteiger partial charge in [0.15, 0.2) is 5.82 Å². The molecule has 1 aromatic rings. The van der Waals surface area contributed by atoms with Crippen molar-refractivity contribution >= 4 is 11.8 Å². The summed E-state index contributed by atoms with van der Waals surface area (Å²) in [6, 6.07) is 0. The van der Waals surface area contributed by atoms with Crippen molar-refractivity contribution in [2.75, 3.05) is 11.9 Å². The van der Waals surface area contributed by atoms with Crippen molar-refractivity contribution in [2.45, 2.75) is 45.6 Å². The van der Waals surface area contributed by atoms with Crippen LogP contribution in [0.1, 0.15) is 47.3 Å². The van der Waals surface area contributed by atoms with E-state index in [2.05, 4.69) is 15.5 Å². The number of anilines is 1. The number of rotatable bonds is 4. The molecule has 0 amide bonds. The largest absolute Gasteiger partial charge is 0.478 e. The van der Waals surface area contributed by atoms with Crippen molar-refractivity contribution in [1.29, 1.82) is 0 Å². The van der Waals surface area contributed by atoms with Gasteiger partial charge in [-0.15, -0.1) is 5.10 Å². The molecule has 0 radical (unpaired) electrons. The number of aliphatic hydroxyl groups is 1. The van der Waals surface area contributed by atoms with E-state index in [9.17, 15) is 15.0 Å². The van der Waals surface area contributed by atoms with Crippen molar-refractivity contribution in [3.05, 3.63) is 16.8 Å². The average Bonchev–Trinajstić information content (AvgIpc) is 2.39. The Labute approximate surface area is 118 Å². The van der Waals surface area contributed by atoms with Gasteiger partial charge in [0, 0.05) is 6.54 Å². The number of aliphatic hydroxyl groups excluding tert-OH is 1. The van der Waals surface area contributed by atoms with Crippen molar-refractivity contribution in [3.8, 4) is 0 Å². The molecule has 0 bridgehead atoms. The molecule has 2 rings (SSSR count). The second-order valence-corrected chi connectivity index (χ2v) is 5.51. The van der Waals surface area contributed by atoms with Crippen LogP contribution in [0.3, 0.4) is 0 Å². The Bertz CT molecular complexity index is 505. The normalized spacial score (nSPS) is 22.6. The maximum Gasteiger partial charge on any atom is 0.339 e. The second-order valence-electron chi connectivity index (χ2n) is 5.51. The first-order chi connectivity index (χ1) is 9.49. The Balaban J connectivity index is 2.09. The van der Waals surface area contributed by atoms with Gasteiger partial charge in [0.05, 0.1) is 11.8 Å². The topological polar surface area (TPSA) is 95.3 Å². The summed E-state index contributed by atoms with van der Waals surface area (Å²) in [5.74, 6) is -0.323. The predicted octanol–water partition coefficient (Wildman–Crippen LogP) is 1.75. The zero-order valence-electron chi connectivity index (χ0n) is 11.9. The fraction of sp³-hybridized carbons (Fsp3) is 0.643. The van der Waals surface area contributed by atoms with Crippen LogP contribution in [0.5, 0.6) is 0 Å². The van der Waals surface area contributed by atoms with Gasteiger partial charge in [-0.05, 0) is 44.6 Å². The fourth-order valence-corrected chi connectivity index (χ4v) is 2.68. The van der Waals surface area contributed by atoms with E-state index in [1.165, 1.54) is 0 Å². The molecule has 1 saturated carbocycles. The number of aromatic carboxylic acids is 1. The van der Waals surface area contributed by atoms with E-state index < -0.39 is 5.97 Å². The van der Waals surface area contributed by atoms with E-state index in [1.54, 1.807) is 13.8 Å². The van der Waals surface area contributed by atoms with Crippen LogP contribution >= 0.6 is 0 Å². The first-order valence-corrected chi connectivity index (χ1v) is 6.98. The molecule has 110 valence electrons. The highest BCUT2D eigenvalue weighted by Gasteiger charge is 2.22. The number of nitrogens with zero attached hydrogens (tertiary/aromatic N) is 2. The second kappa shape index (κ2) is 6.17. The van der Waals surface area contributed by atoms with Crippen LogP contribution in [-0.2, 0) is 0 Å². The summed E-state index contributed by atoms with van der Waals surface area (Å²) in [6.45, 7) is 4.10. The lowest BCUT2D eigenvalue weighted by Crippen LogP contribution is -2.26. The number of nitrogens with one attached hydrogen (secondary N) is 1. The summed E-state index contributed by atoms with van der Waals surface area (Å²) in [4.78, 5) is 11.4. The summed E-state index contributed by atoms with van der Waals surface area (Å²) in [5, 5.41) is 30.0. The molecule has 3 N–H and O–H groups in total. The zero-order valence-corrected chi connectivity index (χ0v) is 11.9. The zero-order chi connectivity index (χ0) is 14.7. The molecule has 20 heavy (non-hydrogen) atoms. The summed E-state index contributed by atoms with van der Waals surface area (Å²) in [5.41, 5.74) is 1.45. The van der Waals surface area contributed by atoms with E-state index in [4.69, 9.17) is 0 Å². The third-order valence-electron chi connectivity index (χ3n) is 3.98. The molecule has 2 atom stereocenters. The van der Waals surface area contributed by atoms with Crippen LogP contribution in [0.2, 0.25) is 0 Å². The van der Waals surface area contributed by atoms with Crippen molar-refractivity contribution in [2.24, 2.45) is 5.92 Å². The highest BCUT2D eigenvalue weighted by Crippen LogP contribution is 2.25. The SMILES string of the molecule is Cc1nnc(NCC2CCCC(O)C2)c(C(=O)O)c1C. The first-order valence-electron chi connectivity index (χ1n) is 6.98. The molecule has 0 spiro atoms. The van der Waals surface area contributed by atoms with Crippen LogP contribution in [0.4, 0.5) is 5.82 Å². The van der Waals surface area contributed by atoms with Crippen molar-refractivity contribution in [1.82, 2.24) is 10.2 Å². The van der Waals surface area contributed by atoms with E-state index in [0.29, 0.717) is 29.5 Å². The molecule has 1 heterocycles. The van der Waals surface area contributed by atoms with Crippen LogP contribution in [0.25, 0.3) is 0 Å². The van der Waals surface area contributed by atoms with Crippen molar-refractivity contribution in [3.63, 3.8) is 0 Å². The van der Waals surface area contributed by atoms with Gasteiger partial charge in [-0.3, -0.25) is 0 Å². The van der Waals surface area contributed by atoms with Gasteiger partial charge in [-0.1, -0.05) is 6.42 Å². The predicted molar refractivity (Wildman–Crippen MR) is 74.9 cm³/mol. The Morgan fingerprint density at radius 1 is 1.35 bits per heavy atom. The lowest BCUT2D eigenvalue weighted by molar-refractivity contribution is 0.0696. The van der Waals surface area contributed by atoms with Crippen LogP contribution < -0.4 is 5.32 Å². The highest BCUT2D eigenvalue weighted by atomic mass is 16.4. The Kier molecular flexibility index (Phi) is 4.54. The van der Waals surface area contributed by atoms with E-state index >= 15 is 0 Å². The number of aryl methyl sites for hydroxylation is 1. The van der Waals surface area contributed by atoms with Crippen molar-refractivity contribution < 1.29 is 15.0 Å². The highest BCUT2D eigenvalue weighted by molar-refractivity contribution is 5.94. The standard InChI is InChI=1S/C14H21N3O3/c1-8-9(2)16-17-13(12(8)14(19)20)15-7-10-4-3-5-11(18)6-10/h10-11,18H,3-7H2,1-2H3,(H,15,17)(H,19,20). The minimum atomic E-state index is -0.994. The third kappa shape index (κ3) is 3.25. The van der Waals surface area contributed by atoms with Gasteiger partial charge in [0.1, 0.15) is 5.56 Å². The van der Waals surface area contributed by atoms with Gasteiger partial charge >= 0.3 is 5.97 Å². The van der Waals surface area contributed by atoms with Gasteiger partial charge in [0.2, 0.25) is 0 Å². The molecule has 6 nitrogen and oxygen atoms in total. The Morgan fingerprint density at radius 2 is 2.10 bits per heavy atom. The molecule has 6 heteroatoms. The minimum Gasteiger partial charge on any atom is -0.478 e. The summed E-state index contributed by atoms with van der Waals surface area (Å²) >= 11 is 0. The molecular weight excluding hydrogens is 258 g/mol. The molecular formula is C14H21N3O3. The number of carboxylic acid groups (broad SMARTS) is 1. The van der Waals surface area contributed by atoms with E-state index in [1.807, 2.05) is 0 Å². The van der Waals surface area contributed by atoms with E-state index in [-0.39, 0.29) is 11.7 Å². The number of aromatic nitrogens is 2. The molecule has 1 aliphatic carbocycles. The monoisotopic (exact) mass is 279 g/mol. The first kappa shape index (κ1) is 14.7. The minimum absolute atomic E-state index is 0.189. The number of hydrogen-bond acceptors (Lipinski definition) is 5. The molecule has 2 unspecified atom stereocenters. The molecule has 1 aromatic heterocycles. The smallest absolute Gasteiger partial charge is 0.339 e. The van der Waals surface area contributed by atoms with Gasteiger partial charge in [-0.25, -0.2) is 4.79 Å². The molecule has 0 aliphatic heterocycles. The maximum atomic E-state index is 11.4. The summed E-state index contributed by atoms with van der Waals surface area (Å²) < 4.78 is 0. The lowest BCUT2D eigenvalue weighted by atomic mass is 9.87. The molecule has 1 aliphatic rings. The fourth-order valence-electron chi connectivity index (χ4n) is 2.68. The summed E-state index contributed by atoms with van der Waals surface area (Å²) in [7, 11) is 0. The van der Waals surface area contributed by atoms with Gasteiger partial charge < -0.3 is 15.5 Å². The quantitative estimate of drug-likeness (QED) is 0.777. The summed E-state index contributed by atoms with van der Waals surface area (Å²) in [6.07, 6.45) is 3.44. The maximum absolute atomic E-state index is 11.4. The Morgan fingerprint density at radius 3 is 2.75 bits per heavy atom. The van der Waals surface area contributed by atoms with Crippen LogP contribution in [-0.4, -0.2) is 39.0 Å². The molecule has 0 saturated heterocycles. The van der Waals surface area contributed by atoms with Gasteiger partial charge in [0.25, 0.3) is 0 Å². The third-order valence-corrected chi connectivity index (χ3v) is 3.98. The van der Waals surface area contributed by atoms with E-state index in [0.717, 1.165) is 25.7 Å². The Hall–Kier alpha value is -1.69. The molecule has 0 aromatic carbocycles. The van der Waals surface area contributed by atoms with Crippen LogP contribution in [0.15, 0.2) is 0 Å².